The molecule has 2 aromatic rings. The summed E-state index contributed by atoms with van der Waals surface area (Å²) in [4.78, 5) is 14.8. The van der Waals surface area contributed by atoms with Crippen LogP contribution in [0.15, 0.2) is 42.5 Å². The molecule has 3 rings (SSSR count). The van der Waals surface area contributed by atoms with Crippen molar-refractivity contribution in [1.29, 1.82) is 0 Å². The zero-order chi connectivity index (χ0) is 18.5. The molecule has 2 N–H and O–H groups in total. The second kappa shape index (κ2) is 8.10. The number of benzene rings is 2. The molecular formula is C20H24N2O4. The van der Waals surface area contributed by atoms with Crippen molar-refractivity contribution in [3.63, 3.8) is 0 Å². The average Bonchev–Trinajstić information content (AvgIpc) is 2.65. The Bertz CT molecular complexity index is 778. The van der Waals surface area contributed by atoms with Crippen molar-refractivity contribution in [2.45, 2.75) is 12.5 Å². The molecule has 1 atom stereocenters. The van der Waals surface area contributed by atoms with Crippen molar-refractivity contribution in [2.24, 2.45) is 5.73 Å². The molecule has 1 aliphatic rings. The molecule has 6 heteroatoms. The molecule has 2 aromatic carbocycles. The van der Waals surface area contributed by atoms with Crippen LogP contribution >= 0.6 is 0 Å². The Hall–Kier alpha value is -2.73. The Morgan fingerprint density at radius 2 is 2.00 bits per heavy atom. The minimum atomic E-state index is -0.0206. The van der Waals surface area contributed by atoms with Crippen LogP contribution in [0.25, 0.3) is 0 Å². The molecule has 0 unspecified atom stereocenters. The maximum Gasteiger partial charge on any atom is 0.254 e. The van der Waals surface area contributed by atoms with E-state index < -0.39 is 0 Å². The molecule has 1 aliphatic heterocycles. The second-order valence-corrected chi connectivity index (χ2v) is 6.08. The second-order valence-electron chi connectivity index (χ2n) is 6.08. The number of carbonyl (C=O) groups excluding carboxylic acids is 1. The van der Waals surface area contributed by atoms with Crippen LogP contribution < -0.4 is 19.9 Å². The van der Waals surface area contributed by atoms with Crippen LogP contribution in [0, 0.1) is 0 Å². The van der Waals surface area contributed by atoms with Crippen LogP contribution in [0.2, 0.25) is 0 Å². The molecule has 138 valence electrons. The fourth-order valence-electron chi connectivity index (χ4n) is 3.08. The third kappa shape index (κ3) is 3.60. The van der Waals surface area contributed by atoms with Crippen LogP contribution in [0.4, 0.5) is 0 Å². The van der Waals surface area contributed by atoms with Crippen molar-refractivity contribution in [3.05, 3.63) is 53.6 Å². The van der Waals surface area contributed by atoms with Gasteiger partial charge in [-0.05, 0) is 42.3 Å². The highest BCUT2D eigenvalue weighted by Crippen LogP contribution is 2.37. The van der Waals surface area contributed by atoms with Gasteiger partial charge in [-0.2, -0.15) is 0 Å². The quantitative estimate of drug-likeness (QED) is 0.825. The van der Waals surface area contributed by atoms with Gasteiger partial charge < -0.3 is 24.8 Å². The minimum absolute atomic E-state index is 0.0206. The molecule has 1 fully saturated rings. The number of methoxy groups -OCH3 is 2. The van der Waals surface area contributed by atoms with Crippen LogP contribution in [-0.2, 0) is 0 Å². The number of carbonyl (C=O) groups is 1. The van der Waals surface area contributed by atoms with Gasteiger partial charge in [-0.25, -0.2) is 0 Å². The van der Waals surface area contributed by atoms with Gasteiger partial charge in [0.2, 0.25) is 0 Å². The highest BCUT2D eigenvalue weighted by molar-refractivity contribution is 5.95. The molecule has 0 aromatic heterocycles. The summed E-state index contributed by atoms with van der Waals surface area (Å²) < 4.78 is 16.2. The molecule has 6 nitrogen and oxygen atoms in total. The number of likely N-dealkylation sites (tertiary alicyclic amines) is 1. The third-order valence-corrected chi connectivity index (χ3v) is 4.55. The lowest BCUT2D eigenvalue weighted by Gasteiger charge is -2.41. The first kappa shape index (κ1) is 18.1. The summed E-state index contributed by atoms with van der Waals surface area (Å²) in [6.07, 6.45) is 0.938. The molecule has 26 heavy (non-hydrogen) atoms. The minimum Gasteiger partial charge on any atom is -0.497 e. The van der Waals surface area contributed by atoms with E-state index in [1.165, 1.54) is 0 Å². The molecule has 0 saturated carbocycles. The summed E-state index contributed by atoms with van der Waals surface area (Å²) in [5, 5.41) is 0. The molecule has 1 amide bonds. The Labute approximate surface area is 153 Å². The average molecular weight is 356 g/mol. The maximum atomic E-state index is 12.9. The topological polar surface area (TPSA) is 74.0 Å². The van der Waals surface area contributed by atoms with Crippen molar-refractivity contribution in [1.82, 2.24) is 4.90 Å². The monoisotopic (exact) mass is 356 g/mol. The Morgan fingerprint density at radius 1 is 1.15 bits per heavy atom. The van der Waals surface area contributed by atoms with Crippen LogP contribution in [0.3, 0.4) is 0 Å². The first-order valence-corrected chi connectivity index (χ1v) is 8.63. The maximum absolute atomic E-state index is 12.9. The van der Waals surface area contributed by atoms with E-state index in [0.717, 1.165) is 24.3 Å². The number of nitrogens with two attached hydrogens (primary N) is 1. The van der Waals surface area contributed by atoms with Gasteiger partial charge in [0.05, 0.1) is 20.3 Å². The van der Waals surface area contributed by atoms with Crippen molar-refractivity contribution >= 4 is 5.91 Å². The standard InChI is InChI=1S/C20H24N2O4/c1-24-16-5-3-4-14(12-16)17-8-10-22(17)20(23)15-6-7-18(26-11-9-21)19(13-15)25-2/h3-7,12-13,17H,8-11,21H2,1-2H3/t17-/m0/s1. The normalized spacial score (nSPS) is 16.0. The van der Waals surface area contributed by atoms with Crippen LogP contribution in [-0.4, -0.2) is 44.7 Å². The first-order chi connectivity index (χ1) is 12.7. The fraction of sp³-hybridized carbons (Fsp3) is 0.350. The van der Waals surface area contributed by atoms with E-state index in [1.807, 2.05) is 29.2 Å². The van der Waals surface area contributed by atoms with E-state index in [9.17, 15) is 4.79 Å². The molecule has 0 aliphatic carbocycles. The molecular weight excluding hydrogens is 332 g/mol. The number of ether oxygens (including phenoxy) is 3. The number of hydrogen-bond donors (Lipinski definition) is 1. The SMILES string of the molecule is COc1cccc([C@@H]2CCN2C(=O)c2ccc(OCCN)c(OC)c2)c1. The number of nitrogens with zero attached hydrogens (tertiary/aromatic N) is 1. The predicted molar refractivity (Wildman–Crippen MR) is 98.9 cm³/mol. The van der Waals surface area contributed by atoms with Gasteiger partial charge in [0.1, 0.15) is 12.4 Å². The van der Waals surface area contributed by atoms with Gasteiger partial charge in [0.15, 0.2) is 11.5 Å². The van der Waals surface area contributed by atoms with E-state index in [2.05, 4.69) is 0 Å². The van der Waals surface area contributed by atoms with E-state index >= 15 is 0 Å². The zero-order valence-corrected chi connectivity index (χ0v) is 15.1. The van der Waals surface area contributed by atoms with Gasteiger partial charge in [0.25, 0.3) is 5.91 Å². The summed E-state index contributed by atoms with van der Waals surface area (Å²) in [5.41, 5.74) is 7.13. The van der Waals surface area contributed by atoms with Crippen molar-refractivity contribution < 1.29 is 19.0 Å². The largest absolute Gasteiger partial charge is 0.497 e. The lowest BCUT2D eigenvalue weighted by molar-refractivity contribution is 0.0459. The lowest BCUT2D eigenvalue weighted by Crippen LogP contribution is -2.45. The summed E-state index contributed by atoms with van der Waals surface area (Å²) in [5.74, 6) is 1.89. The van der Waals surface area contributed by atoms with E-state index in [1.54, 1.807) is 32.4 Å². The Kier molecular flexibility index (Phi) is 5.63. The van der Waals surface area contributed by atoms with Crippen LogP contribution in [0.1, 0.15) is 28.4 Å². The molecule has 0 spiro atoms. The Morgan fingerprint density at radius 3 is 2.65 bits per heavy atom. The van der Waals surface area contributed by atoms with Crippen LogP contribution in [0.5, 0.6) is 17.2 Å². The zero-order valence-electron chi connectivity index (χ0n) is 15.1. The summed E-state index contributed by atoms with van der Waals surface area (Å²) in [7, 11) is 3.20. The molecule has 1 saturated heterocycles. The van der Waals surface area contributed by atoms with Crippen molar-refractivity contribution in [3.8, 4) is 17.2 Å². The van der Waals surface area contributed by atoms with Crippen molar-refractivity contribution in [2.75, 3.05) is 33.9 Å². The molecule has 1 heterocycles. The van der Waals surface area contributed by atoms with E-state index in [-0.39, 0.29) is 11.9 Å². The summed E-state index contributed by atoms with van der Waals surface area (Å²) >= 11 is 0. The number of rotatable bonds is 7. The van der Waals surface area contributed by atoms with Gasteiger partial charge in [-0.1, -0.05) is 12.1 Å². The fourth-order valence-corrected chi connectivity index (χ4v) is 3.08. The molecule has 0 bridgehead atoms. The highest BCUT2D eigenvalue weighted by Gasteiger charge is 2.34. The number of amides is 1. The summed E-state index contributed by atoms with van der Waals surface area (Å²) in [6.45, 7) is 1.54. The Balaban J connectivity index is 1.78. The first-order valence-electron chi connectivity index (χ1n) is 8.63. The van der Waals surface area contributed by atoms with E-state index in [0.29, 0.717) is 30.2 Å². The predicted octanol–water partition coefficient (Wildman–Crippen LogP) is 2.63. The van der Waals surface area contributed by atoms with Gasteiger partial charge >= 0.3 is 0 Å². The highest BCUT2D eigenvalue weighted by atomic mass is 16.5. The third-order valence-electron chi connectivity index (χ3n) is 4.55. The summed E-state index contributed by atoms with van der Waals surface area (Å²) in [6, 6.07) is 13.2. The smallest absolute Gasteiger partial charge is 0.254 e. The lowest BCUT2D eigenvalue weighted by atomic mass is 9.93. The van der Waals surface area contributed by atoms with Gasteiger partial charge in [-0.15, -0.1) is 0 Å². The van der Waals surface area contributed by atoms with E-state index in [4.69, 9.17) is 19.9 Å². The van der Waals surface area contributed by atoms with Gasteiger partial charge in [-0.3, -0.25) is 4.79 Å². The molecule has 0 radical (unpaired) electrons. The van der Waals surface area contributed by atoms with Gasteiger partial charge in [0, 0.05) is 18.7 Å². The number of hydrogen-bond acceptors (Lipinski definition) is 5.